The van der Waals surface area contributed by atoms with E-state index in [4.69, 9.17) is 5.73 Å². The van der Waals surface area contributed by atoms with Crippen LogP contribution in [0.1, 0.15) is 16.0 Å². The molecule has 0 fully saturated rings. The molecule has 2 N–H and O–H groups in total. The van der Waals surface area contributed by atoms with E-state index in [-0.39, 0.29) is 0 Å². The smallest absolute Gasteiger partial charge is 0.244 e. The summed E-state index contributed by atoms with van der Waals surface area (Å²) in [6, 6.07) is 7.37. The van der Waals surface area contributed by atoms with E-state index in [1.54, 1.807) is 6.07 Å². The van der Waals surface area contributed by atoms with Crippen LogP contribution in [0.15, 0.2) is 32.9 Å². The topological polar surface area (TPSA) is 63.4 Å². The van der Waals surface area contributed by atoms with Crippen molar-refractivity contribution in [3.8, 4) is 0 Å². The number of sulfonamides is 1. The highest BCUT2D eigenvalue weighted by atomic mass is 79.9. The average Bonchev–Trinajstić information content (AvgIpc) is 2.78. The molecule has 0 radical (unpaired) electrons. The van der Waals surface area contributed by atoms with E-state index < -0.39 is 10.0 Å². The molecule has 1 aromatic carbocycles. The van der Waals surface area contributed by atoms with E-state index in [2.05, 4.69) is 15.9 Å². The van der Waals surface area contributed by atoms with Crippen molar-refractivity contribution in [3.05, 3.63) is 44.1 Å². The highest BCUT2D eigenvalue weighted by Crippen LogP contribution is 2.34. The van der Waals surface area contributed by atoms with Gasteiger partial charge in [0.25, 0.3) is 0 Å². The highest BCUT2D eigenvalue weighted by molar-refractivity contribution is 9.11. The third-order valence-corrected chi connectivity index (χ3v) is 7.38. The maximum absolute atomic E-state index is 12.8. The van der Waals surface area contributed by atoms with Crippen LogP contribution in [0.25, 0.3) is 0 Å². The van der Waals surface area contributed by atoms with Crippen molar-refractivity contribution >= 4 is 43.0 Å². The first-order chi connectivity index (χ1) is 9.89. The molecule has 0 saturated carbocycles. The van der Waals surface area contributed by atoms with Gasteiger partial charge in [0, 0.05) is 23.7 Å². The van der Waals surface area contributed by atoms with Crippen molar-refractivity contribution < 1.29 is 8.42 Å². The van der Waals surface area contributed by atoms with Gasteiger partial charge in [-0.25, -0.2) is 8.42 Å². The number of fused-ring (bicyclic) bond motifs is 1. The van der Waals surface area contributed by atoms with Crippen LogP contribution >= 0.6 is 27.3 Å². The number of nitrogens with two attached hydrogens (primary N) is 1. The lowest BCUT2D eigenvalue weighted by atomic mass is 9.99. The number of halogens is 1. The normalized spacial score (nSPS) is 15.9. The van der Waals surface area contributed by atoms with Crippen LogP contribution in [0.4, 0.5) is 5.69 Å². The van der Waals surface area contributed by atoms with Gasteiger partial charge >= 0.3 is 0 Å². The molecule has 112 valence electrons. The fraction of sp³-hybridized carbons (Fsp3) is 0.286. The fourth-order valence-electron chi connectivity index (χ4n) is 2.64. The number of rotatable bonds is 2. The van der Waals surface area contributed by atoms with E-state index >= 15 is 0 Å². The number of anilines is 1. The summed E-state index contributed by atoms with van der Waals surface area (Å²) in [6.45, 7) is 2.68. The molecule has 4 nitrogen and oxygen atoms in total. The standard InChI is InChI=1S/C14H15BrN2O2S2/c1-9-13(7-14(15)20-9)21(18,19)17-6-5-11-10(8-17)3-2-4-12(11)16/h2-4,7H,5-6,8,16H2,1H3. The molecule has 0 bridgehead atoms. The second kappa shape index (κ2) is 5.39. The molecule has 1 aromatic heterocycles. The highest BCUT2D eigenvalue weighted by Gasteiger charge is 2.31. The zero-order valence-corrected chi connectivity index (χ0v) is 14.7. The number of aryl methyl sites for hydroxylation is 1. The van der Waals surface area contributed by atoms with Gasteiger partial charge in [0.1, 0.15) is 0 Å². The molecule has 0 atom stereocenters. The maximum atomic E-state index is 12.8. The quantitative estimate of drug-likeness (QED) is 0.806. The first-order valence-electron chi connectivity index (χ1n) is 6.52. The van der Waals surface area contributed by atoms with E-state index in [1.807, 2.05) is 25.1 Å². The predicted octanol–water partition coefficient (Wildman–Crippen LogP) is 3.15. The van der Waals surface area contributed by atoms with Crippen molar-refractivity contribution in [3.63, 3.8) is 0 Å². The molecule has 0 saturated heterocycles. The lowest BCUT2D eigenvalue weighted by Crippen LogP contribution is -2.36. The van der Waals surface area contributed by atoms with Gasteiger partial charge in [-0.3, -0.25) is 0 Å². The van der Waals surface area contributed by atoms with E-state index in [1.165, 1.54) is 15.6 Å². The molecule has 1 aliphatic heterocycles. The van der Waals surface area contributed by atoms with Crippen molar-refractivity contribution in [2.75, 3.05) is 12.3 Å². The van der Waals surface area contributed by atoms with Crippen LogP contribution in [-0.2, 0) is 23.0 Å². The van der Waals surface area contributed by atoms with Crippen molar-refractivity contribution in [2.24, 2.45) is 0 Å². The van der Waals surface area contributed by atoms with Crippen molar-refractivity contribution in [1.82, 2.24) is 4.31 Å². The number of thiophene rings is 1. The Labute approximate surface area is 136 Å². The Morgan fingerprint density at radius 3 is 2.81 bits per heavy atom. The molecular formula is C14H15BrN2O2S2. The van der Waals surface area contributed by atoms with Gasteiger partial charge in [-0.1, -0.05) is 12.1 Å². The van der Waals surface area contributed by atoms with Gasteiger partial charge in [0.2, 0.25) is 10.0 Å². The lowest BCUT2D eigenvalue weighted by molar-refractivity contribution is 0.391. The van der Waals surface area contributed by atoms with Gasteiger partial charge < -0.3 is 5.73 Å². The molecule has 0 aliphatic carbocycles. The Morgan fingerprint density at radius 2 is 2.14 bits per heavy atom. The molecular weight excluding hydrogens is 372 g/mol. The molecule has 21 heavy (non-hydrogen) atoms. The van der Waals surface area contributed by atoms with E-state index in [0.29, 0.717) is 24.4 Å². The average molecular weight is 387 g/mol. The summed E-state index contributed by atoms with van der Waals surface area (Å²) in [4.78, 5) is 1.20. The van der Waals surface area contributed by atoms with Crippen molar-refractivity contribution in [1.29, 1.82) is 0 Å². The summed E-state index contributed by atoms with van der Waals surface area (Å²) < 4.78 is 28.0. The zero-order valence-electron chi connectivity index (χ0n) is 11.5. The second-order valence-electron chi connectivity index (χ2n) is 5.04. The lowest BCUT2D eigenvalue weighted by Gasteiger charge is -2.28. The van der Waals surface area contributed by atoms with Crippen LogP contribution in [0, 0.1) is 6.92 Å². The molecule has 0 unspecified atom stereocenters. The Bertz CT molecular complexity index is 799. The number of hydrogen-bond donors (Lipinski definition) is 1. The molecule has 3 rings (SSSR count). The fourth-order valence-corrected chi connectivity index (χ4v) is 6.45. The number of hydrogen-bond acceptors (Lipinski definition) is 4. The van der Waals surface area contributed by atoms with Gasteiger partial charge in [-0.2, -0.15) is 4.31 Å². The summed E-state index contributed by atoms with van der Waals surface area (Å²) in [5.41, 5.74) is 8.78. The largest absolute Gasteiger partial charge is 0.398 e. The molecule has 2 heterocycles. The number of nitrogens with zero attached hydrogens (tertiary/aromatic N) is 1. The second-order valence-corrected chi connectivity index (χ2v) is 9.59. The minimum absolute atomic E-state index is 0.385. The first-order valence-corrected chi connectivity index (χ1v) is 9.57. The third-order valence-electron chi connectivity index (χ3n) is 3.73. The minimum Gasteiger partial charge on any atom is -0.398 e. The SMILES string of the molecule is Cc1sc(Br)cc1S(=O)(=O)N1CCc2c(N)cccc2C1. The van der Waals surface area contributed by atoms with Gasteiger partial charge in [-0.05, 0) is 52.5 Å². The van der Waals surface area contributed by atoms with Crippen molar-refractivity contribution in [2.45, 2.75) is 24.8 Å². The monoisotopic (exact) mass is 386 g/mol. The Hall–Kier alpha value is -0.890. The molecule has 0 spiro atoms. The summed E-state index contributed by atoms with van der Waals surface area (Å²) in [6.07, 6.45) is 0.658. The molecule has 7 heteroatoms. The van der Waals surface area contributed by atoms with E-state index in [0.717, 1.165) is 25.5 Å². The summed E-state index contributed by atoms with van der Waals surface area (Å²) in [5.74, 6) is 0. The predicted molar refractivity (Wildman–Crippen MR) is 88.9 cm³/mol. The Kier molecular flexibility index (Phi) is 3.85. The van der Waals surface area contributed by atoms with Crippen LogP contribution in [0.5, 0.6) is 0 Å². The number of benzene rings is 1. The molecule has 1 aliphatic rings. The van der Waals surface area contributed by atoms with E-state index in [9.17, 15) is 8.42 Å². The maximum Gasteiger partial charge on any atom is 0.244 e. The van der Waals surface area contributed by atoms with Gasteiger partial charge in [-0.15, -0.1) is 11.3 Å². The Balaban J connectivity index is 1.97. The first kappa shape index (κ1) is 15.0. The molecule has 2 aromatic rings. The Morgan fingerprint density at radius 1 is 1.38 bits per heavy atom. The van der Waals surface area contributed by atoms with Gasteiger partial charge in [0.15, 0.2) is 0 Å². The number of nitrogen functional groups attached to an aromatic ring is 1. The van der Waals surface area contributed by atoms with Crippen LogP contribution in [0.3, 0.4) is 0 Å². The van der Waals surface area contributed by atoms with Gasteiger partial charge in [0.05, 0.1) is 8.68 Å². The minimum atomic E-state index is -3.45. The van der Waals surface area contributed by atoms with Crippen LogP contribution in [0.2, 0.25) is 0 Å². The summed E-state index contributed by atoms with van der Waals surface area (Å²) >= 11 is 4.79. The third kappa shape index (κ3) is 2.63. The summed E-state index contributed by atoms with van der Waals surface area (Å²) in [5, 5.41) is 0. The zero-order chi connectivity index (χ0) is 15.2. The molecule has 0 amide bonds. The summed E-state index contributed by atoms with van der Waals surface area (Å²) in [7, 11) is -3.45. The van der Waals surface area contributed by atoms with Crippen LogP contribution < -0.4 is 5.73 Å². The van der Waals surface area contributed by atoms with Crippen LogP contribution in [-0.4, -0.2) is 19.3 Å².